The maximum atomic E-state index is 11.3. The van der Waals surface area contributed by atoms with Crippen LogP contribution in [0.2, 0.25) is 0 Å². The van der Waals surface area contributed by atoms with Crippen LogP contribution in [0.5, 0.6) is 0 Å². The Morgan fingerprint density at radius 2 is 1.04 bits per heavy atom. The number of unbranched alkanes of at least 4 members (excludes halogenated alkanes) is 13. The van der Waals surface area contributed by atoms with Gasteiger partial charge in [-0.25, -0.2) is 0 Å². The van der Waals surface area contributed by atoms with Crippen LogP contribution in [-0.2, 0) is 4.79 Å². The summed E-state index contributed by atoms with van der Waals surface area (Å²) in [6.45, 7) is 6.52. The zero-order chi connectivity index (χ0) is 20.0. The zero-order valence-corrected chi connectivity index (χ0v) is 19.8. The normalized spacial score (nSPS) is 11.9. The molecule has 0 heterocycles. The lowest BCUT2D eigenvalue weighted by Crippen LogP contribution is -2.20. The minimum atomic E-state index is -0.600. The van der Waals surface area contributed by atoms with E-state index in [-0.39, 0.29) is 18.3 Å². The zero-order valence-electron chi connectivity index (χ0n) is 19.0. The van der Waals surface area contributed by atoms with Gasteiger partial charge in [0.1, 0.15) is 0 Å². The van der Waals surface area contributed by atoms with E-state index in [1.807, 2.05) is 0 Å². The monoisotopic (exact) mass is 419 g/mol. The van der Waals surface area contributed by atoms with Crippen molar-refractivity contribution in [3.8, 4) is 0 Å². The standard InChI is InChI=1S/C24H49NO2.ClH/c1-3-5-7-9-10-11-12-13-14-15-17-21-25-22-18-20-23(24(26)27)19-16-8-6-4-2;/h23,25H,3-22H2,1-2H3,(H,26,27);1H. The van der Waals surface area contributed by atoms with Gasteiger partial charge in [0, 0.05) is 0 Å². The molecule has 0 aromatic heterocycles. The van der Waals surface area contributed by atoms with Crippen molar-refractivity contribution < 1.29 is 9.90 Å². The van der Waals surface area contributed by atoms with Gasteiger partial charge in [0.15, 0.2) is 0 Å². The second-order valence-electron chi connectivity index (χ2n) is 8.31. The highest BCUT2D eigenvalue weighted by atomic mass is 35.5. The summed E-state index contributed by atoms with van der Waals surface area (Å²) in [6, 6.07) is 0. The Kier molecular flexibility index (Phi) is 26.5. The molecule has 170 valence electrons. The van der Waals surface area contributed by atoms with E-state index >= 15 is 0 Å². The molecule has 1 unspecified atom stereocenters. The highest BCUT2D eigenvalue weighted by Crippen LogP contribution is 2.16. The average Bonchev–Trinajstić information content (AvgIpc) is 2.66. The summed E-state index contributed by atoms with van der Waals surface area (Å²) in [5.74, 6) is -0.734. The first-order valence-corrected chi connectivity index (χ1v) is 12.2. The maximum Gasteiger partial charge on any atom is 0.306 e. The third kappa shape index (κ3) is 22.0. The van der Waals surface area contributed by atoms with Crippen molar-refractivity contribution in [2.24, 2.45) is 5.92 Å². The minimum Gasteiger partial charge on any atom is -0.481 e. The van der Waals surface area contributed by atoms with Gasteiger partial charge in [0.2, 0.25) is 0 Å². The average molecular weight is 420 g/mol. The Hall–Kier alpha value is -0.280. The van der Waals surface area contributed by atoms with Crippen LogP contribution < -0.4 is 5.32 Å². The van der Waals surface area contributed by atoms with Crippen LogP contribution in [0.3, 0.4) is 0 Å². The number of carbonyl (C=O) groups is 1. The van der Waals surface area contributed by atoms with E-state index in [0.29, 0.717) is 0 Å². The van der Waals surface area contributed by atoms with Crippen molar-refractivity contribution in [3.63, 3.8) is 0 Å². The molecule has 0 amide bonds. The molecule has 0 saturated heterocycles. The summed E-state index contributed by atoms with van der Waals surface area (Å²) in [6.07, 6.45) is 22.6. The van der Waals surface area contributed by atoms with Gasteiger partial charge in [-0.15, -0.1) is 12.4 Å². The molecule has 4 heteroatoms. The van der Waals surface area contributed by atoms with Crippen LogP contribution in [0.4, 0.5) is 0 Å². The Labute approximate surface area is 182 Å². The lowest BCUT2D eigenvalue weighted by molar-refractivity contribution is -0.142. The van der Waals surface area contributed by atoms with Crippen LogP contribution >= 0.6 is 12.4 Å². The summed E-state index contributed by atoms with van der Waals surface area (Å²) in [4.78, 5) is 11.3. The highest BCUT2D eigenvalue weighted by Gasteiger charge is 2.15. The van der Waals surface area contributed by atoms with Crippen molar-refractivity contribution in [2.75, 3.05) is 13.1 Å². The summed E-state index contributed by atoms with van der Waals surface area (Å²) in [7, 11) is 0. The largest absolute Gasteiger partial charge is 0.481 e. The fraction of sp³-hybridized carbons (Fsp3) is 0.958. The van der Waals surface area contributed by atoms with Gasteiger partial charge in [-0.05, 0) is 38.8 Å². The first-order valence-electron chi connectivity index (χ1n) is 12.2. The number of carboxylic acid groups (broad SMARTS) is 1. The Balaban J connectivity index is 0. The van der Waals surface area contributed by atoms with Crippen molar-refractivity contribution in [2.45, 2.75) is 129 Å². The molecule has 0 aliphatic heterocycles. The first-order chi connectivity index (χ1) is 13.2. The van der Waals surface area contributed by atoms with Crippen LogP contribution in [-0.4, -0.2) is 24.2 Å². The predicted octanol–water partition coefficient (Wildman–Crippen LogP) is 7.76. The number of halogens is 1. The number of aliphatic carboxylic acids is 1. The molecule has 2 N–H and O–H groups in total. The number of hydrogen-bond donors (Lipinski definition) is 2. The van der Waals surface area contributed by atoms with E-state index < -0.39 is 5.97 Å². The van der Waals surface area contributed by atoms with E-state index in [4.69, 9.17) is 0 Å². The summed E-state index contributed by atoms with van der Waals surface area (Å²) in [5, 5.41) is 12.8. The molecule has 0 bridgehead atoms. The fourth-order valence-corrected chi connectivity index (χ4v) is 3.72. The van der Waals surface area contributed by atoms with E-state index in [9.17, 15) is 9.90 Å². The number of carboxylic acids is 1. The summed E-state index contributed by atoms with van der Waals surface area (Å²) in [5.41, 5.74) is 0. The lowest BCUT2D eigenvalue weighted by Gasteiger charge is -2.12. The second-order valence-corrected chi connectivity index (χ2v) is 8.31. The lowest BCUT2D eigenvalue weighted by atomic mass is 9.96. The maximum absolute atomic E-state index is 11.3. The molecular weight excluding hydrogens is 370 g/mol. The van der Waals surface area contributed by atoms with Crippen LogP contribution in [0.1, 0.15) is 129 Å². The highest BCUT2D eigenvalue weighted by molar-refractivity contribution is 5.85. The van der Waals surface area contributed by atoms with Crippen molar-refractivity contribution in [1.82, 2.24) is 5.32 Å². The fourth-order valence-electron chi connectivity index (χ4n) is 3.72. The smallest absolute Gasteiger partial charge is 0.306 e. The SMILES string of the molecule is CCCCCCCCCCCCCNCCCC(CCCCCC)C(=O)O.Cl. The molecular formula is C24H50ClNO2. The van der Waals surface area contributed by atoms with E-state index in [1.54, 1.807) is 0 Å². The molecule has 0 aliphatic carbocycles. The van der Waals surface area contributed by atoms with Gasteiger partial charge in [-0.2, -0.15) is 0 Å². The third-order valence-corrected chi connectivity index (χ3v) is 5.62. The molecule has 3 nitrogen and oxygen atoms in total. The summed E-state index contributed by atoms with van der Waals surface area (Å²) < 4.78 is 0. The summed E-state index contributed by atoms with van der Waals surface area (Å²) >= 11 is 0. The molecule has 28 heavy (non-hydrogen) atoms. The molecule has 0 spiro atoms. The van der Waals surface area contributed by atoms with Gasteiger partial charge < -0.3 is 10.4 Å². The van der Waals surface area contributed by atoms with Gasteiger partial charge in [0.05, 0.1) is 5.92 Å². The van der Waals surface area contributed by atoms with Gasteiger partial charge in [0.25, 0.3) is 0 Å². The number of nitrogens with one attached hydrogen (secondary N) is 1. The third-order valence-electron chi connectivity index (χ3n) is 5.62. The first kappa shape index (κ1) is 29.9. The molecule has 0 aromatic carbocycles. The molecule has 1 atom stereocenters. The molecule has 0 aliphatic rings. The molecule has 0 aromatic rings. The van der Waals surface area contributed by atoms with E-state index in [2.05, 4.69) is 19.2 Å². The van der Waals surface area contributed by atoms with E-state index in [0.717, 1.165) is 38.8 Å². The molecule has 0 saturated carbocycles. The number of hydrogen-bond acceptors (Lipinski definition) is 2. The van der Waals surface area contributed by atoms with E-state index in [1.165, 1.54) is 89.9 Å². The van der Waals surface area contributed by atoms with Gasteiger partial charge in [-0.3, -0.25) is 4.79 Å². The molecule has 0 radical (unpaired) electrons. The predicted molar refractivity (Wildman–Crippen MR) is 126 cm³/mol. The minimum absolute atomic E-state index is 0. The Morgan fingerprint density at radius 1 is 0.643 bits per heavy atom. The Bertz CT molecular complexity index is 313. The Morgan fingerprint density at radius 3 is 1.54 bits per heavy atom. The van der Waals surface area contributed by atoms with Crippen molar-refractivity contribution in [3.05, 3.63) is 0 Å². The molecule has 0 rings (SSSR count). The van der Waals surface area contributed by atoms with Crippen LogP contribution in [0, 0.1) is 5.92 Å². The van der Waals surface area contributed by atoms with Crippen LogP contribution in [0.15, 0.2) is 0 Å². The quantitative estimate of drug-likeness (QED) is 0.176. The van der Waals surface area contributed by atoms with Crippen LogP contribution in [0.25, 0.3) is 0 Å². The second kappa shape index (κ2) is 24.8. The molecule has 0 fully saturated rings. The topological polar surface area (TPSA) is 49.3 Å². The van der Waals surface area contributed by atoms with Crippen molar-refractivity contribution in [1.29, 1.82) is 0 Å². The number of rotatable bonds is 22. The van der Waals surface area contributed by atoms with Crippen molar-refractivity contribution >= 4 is 18.4 Å². The van der Waals surface area contributed by atoms with Gasteiger partial charge in [-0.1, -0.05) is 104 Å². The van der Waals surface area contributed by atoms with Gasteiger partial charge >= 0.3 is 5.97 Å².